The molecule has 2 rings (SSSR count). The summed E-state index contributed by atoms with van der Waals surface area (Å²) >= 11 is 0. The van der Waals surface area contributed by atoms with Crippen molar-refractivity contribution in [3.63, 3.8) is 0 Å². The predicted octanol–water partition coefficient (Wildman–Crippen LogP) is 6.33. The Morgan fingerprint density at radius 3 is 2.15 bits per heavy atom. The minimum absolute atomic E-state index is 0.308. The van der Waals surface area contributed by atoms with Crippen molar-refractivity contribution in [1.29, 1.82) is 0 Å². The molecule has 0 saturated carbocycles. The molecule has 2 heteroatoms. The van der Waals surface area contributed by atoms with E-state index in [0.717, 1.165) is 25.7 Å². The van der Waals surface area contributed by atoms with Crippen molar-refractivity contribution in [2.45, 2.75) is 39.5 Å². The number of hydrogen-bond acceptors (Lipinski definition) is 0. The van der Waals surface area contributed by atoms with Crippen molar-refractivity contribution in [3.8, 4) is 23.7 Å². The van der Waals surface area contributed by atoms with Crippen molar-refractivity contribution in [2.75, 3.05) is 0 Å². The van der Waals surface area contributed by atoms with Crippen molar-refractivity contribution in [3.05, 3.63) is 76.4 Å². The molecule has 2 aromatic carbocycles. The van der Waals surface area contributed by atoms with Crippen LogP contribution in [0.15, 0.2) is 42.5 Å². The maximum absolute atomic E-state index is 14.1. The molecule has 0 nitrogen and oxygen atoms in total. The summed E-state index contributed by atoms with van der Waals surface area (Å²) in [4.78, 5) is 0. The number of halogens is 2. The largest absolute Gasteiger partial charge is 0.206 e. The molecule has 0 heterocycles. The second kappa shape index (κ2) is 10.2. The third-order valence-corrected chi connectivity index (χ3v) is 3.67. The fourth-order valence-electron chi connectivity index (χ4n) is 2.24. The Morgan fingerprint density at radius 1 is 0.846 bits per heavy atom. The third-order valence-electron chi connectivity index (χ3n) is 3.67. The zero-order valence-electron chi connectivity index (χ0n) is 15.2. The van der Waals surface area contributed by atoms with E-state index in [9.17, 15) is 8.78 Å². The van der Waals surface area contributed by atoms with Gasteiger partial charge in [0.1, 0.15) is 11.6 Å². The van der Waals surface area contributed by atoms with Gasteiger partial charge in [0, 0.05) is 23.1 Å². The molecule has 0 fully saturated rings. The second-order valence-corrected chi connectivity index (χ2v) is 5.92. The maximum atomic E-state index is 14.1. The average molecular weight is 348 g/mol. The molecule has 0 spiro atoms. The van der Waals surface area contributed by atoms with Gasteiger partial charge < -0.3 is 0 Å². The van der Waals surface area contributed by atoms with Crippen molar-refractivity contribution in [2.24, 2.45) is 0 Å². The first kappa shape index (κ1) is 19.5. The van der Waals surface area contributed by atoms with E-state index in [1.807, 2.05) is 13.0 Å². The third kappa shape index (κ3) is 5.91. The van der Waals surface area contributed by atoms with Crippen LogP contribution in [0.5, 0.6) is 0 Å². The molecule has 132 valence electrons. The van der Waals surface area contributed by atoms with E-state index in [1.54, 1.807) is 30.3 Å². The lowest BCUT2D eigenvalue weighted by molar-refractivity contribution is 0.623. The monoisotopic (exact) mass is 348 g/mol. The van der Waals surface area contributed by atoms with Gasteiger partial charge in [0.05, 0.1) is 5.56 Å². The van der Waals surface area contributed by atoms with Crippen LogP contribution < -0.4 is 0 Å². The van der Waals surface area contributed by atoms with Crippen LogP contribution >= 0.6 is 0 Å². The Bertz CT molecular complexity index is 899. The van der Waals surface area contributed by atoms with Gasteiger partial charge in [-0.15, -0.1) is 0 Å². The highest BCUT2D eigenvalue weighted by atomic mass is 19.1. The van der Waals surface area contributed by atoms with E-state index < -0.39 is 0 Å². The van der Waals surface area contributed by atoms with Crippen LogP contribution in [-0.2, 0) is 0 Å². The lowest BCUT2D eigenvalue weighted by Crippen LogP contribution is -1.87. The topological polar surface area (TPSA) is 0 Å². The highest BCUT2D eigenvalue weighted by Gasteiger charge is 2.01. The fraction of sp³-hybridized carbons (Fsp3) is 0.250. The SMILES string of the molecule is CCCC#Cc1ccc(C#Cc2ccc(/C=C/CCC)c(F)c2)cc1F. The van der Waals surface area contributed by atoms with Gasteiger partial charge in [-0.25, -0.2) is 8.78 Å². The summed E-state index contributed by atoms with van der Waals surface area (Å²) < 4.78 is 28.1. The van der Waals surface area contributed by atoms with E-state index in [-0.39, 0.29) is 11.6 Å². The molecular weight excluding hydrogens is 326 g/mol. The number of hydrogen-bond donors (Lipinski definition) is 0. The summed E-state index contributed by atoms with van der Waals surface area (Å²) in [6, 6.07) is 9.59. The first-order chi connectivity index (χ1) is 12.6. The maximum Gasteiger partial charge on any atom is 0.140 e. The molecule has 0 bridgehead atoms. The van der Waals surface area contributed by atoms with Crippen LogP contribution in [0.1, 0.15) is 61.8 Å². The zero-order chi connectivity index (χ0) is 18.8. The summed E-state index contributed by atoms with van der Waals surface area (Å²) in [7, 11) is 0. The van der Waals surface area contributed by atoms with Gasteiger partial charge in [-0.2, -0.15) is 0 Å². The predicted molar refractivity (Wildman–Crippen MR) is 105 cm³/mol. The summed E-state index contributed by atoms with van der Waals surface area (Å²) in [6.45, 7) is 4.10. The summed E-state index contributed by atoms with van der Waals surface area (Å²) in [5.74, 6) is 10.8. The van der Waals surface area contributed by atoms with Gasteiger partial charge in [0.15, 0.2) is 0 Å². The van der Waals surface area contributed by atoms with Crippen LogP contribution in [0.4, 0.5) is 8.78 Å². The van der Waals surface area contributed by atoms with E-state index in [2.05, 4.69) is 30.6 Å². The van der Waals surface area contributed by atoms with Crippen molar-refractivity contribution in [1.82, 2.24) is 0 Å². The Labute approximate surface area is 155 Å². The molecule has 0 amide bonds. The molecule has 0 aliphatic carbocycles. The normalized spacial score (nSPS) is 10.2. The van der Waals surface area contributed by atoms with Gasteiger partial charge in [0.2, 0.25) is 0 Å². The fourth-order valence-corrected chi connectivity index (χ4v) is 2.24. The molecule has 0 aliphatic heterocycles. The van der Waals surface area contributed by atoms with Gasteiger partial charge >= 0.3 is 0 Å². The number of rotatable bonds is 4. The number of benzene rings is 2. The minimum Gasteiger partial charge on any atom is -0.206 e. The van der Waals surface area contributed by atoms with Crippen LogP contribution in [0.3, 0.4) is 0 Å². The van der Waals surface area contributed by atoms with Crippen LogP contribution in [0.2, 0.25) is 0 Å². The highest BCUT2D eigenvalue weighted by molar-refractivity contribution is 5.53. The van der Waals surface area contributed by atoms with Crippen LogP contribution in [-0.4, -0.2) is 0 Å². The Morgan fingerprint density at radius 2 is 1.54 bits per heavy atom. The zero-order valence-corrected chi connectivity index (χ0v) is 15.2. The van der Waals surface area contributed by atoms with Crippen molar-refractivity contribution >= 4 is 6.08 Å². The van der Waals surface area contributed by atoms with Crippen LogP contribution in [0, 0.1) is 35.3 Å². The molecular formula is C24H22F2. The van der Waals surface area contributed by atoms with Gasteiger partial charge in [-0.3, -0.25) is 0 Å². The van der Waals surface area contributed by atoms with E-state index >= 15 is 0 Å². The minimum atomic E-state index is -0.386. The smallest absolute Gasteiger partial charge is 0.140 e. The first-order valence-electron chi connectivity index (χ1n) is 8.90. The quantitative estimate of drug-likeness (QED) is 0.566. The highest BCUT2D eigenvalue weighted by Crippen LogP contribution is 2.13. The Balaban J connectivity index is 2.15. The Hall–Kier alpha value is -2.84. The van der Waals surface area contributed by atoms with Crippen molar-refractivity contribution < 1.29 is 8.78 Å². The standard InChI is InChI=1S/C24H22F2/c1-3-5-7-9-21-15-13-19(17-23(21)25)11-12-20-14-16-22(24(26)18-20)10-8-6-4-2/h7,9,13-18H,3-6H2,1-2H3/b9-7+. The molecule has 0 aliphatic rings. The summed E-state index contributed by atoms with van der Waals surface area (Å²) in [5.41, 5.74) is 2.02. The first-order valence-corrected chi connectivity index (χ1v) is 8.90. The van der Waals surface area contributed by atoms with Gasteiger partial charge in [-0.05, 0) is 43.2 Å². The molecule has 0 atom stereocenters. The van der Waals surface area contributed by atoms with Gasteiger partial charge in [-0.1, -0.05) is 62.2 Å². The summed E-state index contributed by atoms with van der Waals surface area (Å²) in [6.07, 6.45) is 7.38. The van der Waals surface area contributed by atoms with E-state index in [1.165, 1.54) is 12.1 Å². The molecule has 0 saturated heterocycles. The average Bonchev–Trinajstić information content (AvgIpc) is 2.63. The second-order valence-electron chi connectivity index (χ2n) is 5.92. The molecule has 0 unspecified atom stereocenters. The van der Waals surface area contributed by atoms with E-state index in [4.69, 9.17) is 0 Å². The van der Waals surface area contributed by atoms with E-state index in [0.29, 0.717) is 22.3 Å². The number of unbranched alkanes of at least 4 members (excludes halogenated alkanes) is 2. The summed E-state index contributed by atoms with van der Waals surface area (Å²) in [5, 5.41) is 0. The van der Waals surface area contributed by atoms with Gasteiger partial charge in [0.25, 0.3) is 0 Å². The lowest BCUT2D eigenvalue weighted by Gasteiger charge is -1.98. The molecule has 26 heavy (non-hydrogen) atoms. The number of allylic oxidation sites excluding steroid dienone is 1. The van der Waals surface area contributed by atoms with Crippen LogP contribution in [0.25, 0.3) is 6.08 Å². The molecule has 0 radical (unpaired) electrons. The lowest BCUT2D eigenvalue weighted by atomic mass is 10.1. The Kier molecular flexibility index (Phi) is 7.66. The molecule has 0 aromatic heterocycles. The molecule has 0 N–H and O–H groups in total. The molecule has 2 aromatic rings.